The maximum absolute atomic E-state index is 9.29. The van der Waals surface area contributed by atoms with Crippen molar-refractivity contribution in [1.82, 2.24) is 0 Å². The molecule has 0 spiro atoms. The number of rotatable bonds is 2. The fourth-order valence-electron chi connectivity index (χ4n) is 1.69. The maximum Gasteiger partial charge on any atom is 0.101 e. The molecule has 3 heteroatoms. The van der Waals surface area contributed by atoms with Gasteiger partial charge in [-0.2, -0.15) is 5.26 Å². The zero-order valence-corrected chi connectivity index (χ0v) is 12.1. The second-order valence-electron chi connectivity index (χ2n) is 3.57. The zero-order chi connectivity index (χ0) is 12.3. The Morgan fingerprint density at radius 2 is 1.76 bits per heavy atom. The minimum atomic E-state index is 0.688. The number of halogens is 2. The maximum atomic E-state index is 9.29. The molecule has 2 rings (SSSR count). The molecule has 0 unspecified atom stereocenters. The molecule has 0 aliphatic carbocycles. The second-order valence-corrected chi connectivity index (χ2v) is 4.93. The fraction of sp³-hybridized carbons (Fsp3) is 0.0714. The van der Waals surface area contributed by atoms with Crippen LogP contribution in [0.2, 0.25) is 0 Å². The Labute approximate surface area is 117 Å². The molecule has 0 amide bonds. The second kappa shape index (κ2) is 5.48. The van der Waals surface area contributed by atoms with Crippen LogP contribution in [-0.2, 0) is 5.33 Å². The number of hydrogen-bond acceptors (Lipinski definition) is 1. The monoisotopic (exact) mass is 349 g/mol. The van der Waals surface area contributed by atoms with Gasteiger partial charge in [0.25, 0.3) is 0 Å². The lowest BCUT2D eigenvalue weighted by Crippen LogP contribution is -1.90. The van der Waals surface area contributed by atoms with E-state index >= 15 is 0 Å². The van der Waals surface area contributed by atoms with E-state index in [0.29, 0.717) is 5.56 Å². The van der Waals surface area contributed by atoms with Gasteiger partial charge in [-0.25, -0.2) is 0 Å². The highest BCUT2D eigenvalue weighted by Gasteiger charge is 2.11. The van der Waals surface area contributed by atoms with Crippen molar-refractivity contribution in [3.63, 3.8) is 0 Å². The van der Waals surface area contributed by atoms with Gasteiger partial charge in [0.1, 0.15) is 6.07 Å². The molecular weight excluding hydrogens is 342 g/mol. The van der Waals surface area contributed by atoms with E-state index < -0.39 is 0 Å². The van der Waals surface area contributed by atoms with Gasteiger partial charge in [0, 0.05) is 15.4 Å². The lowest BCUT2D eigenvalue weighted by molar-refractivity contribution is 1.36. The largest absolute Gasteiger partial charge is 0.192 e. The summed E-state index contributed by atoms with van der Waals surface area (Å²) in [5.74, 6) is 0. The predicted octanol–water partition coefficient (Wildman–Crippen LogP) is 4.88. The molecule has 0 heterocycles. The van der Waals surface area contributed by atoms with E-state index in [1.807, 2.05) is 42.5 Å². The summed E-state index contributed by atoms with van der Waals surface area (Å²) in [6.07, 6.45) is 0. The first-order chi connectivity index (χ1) is 8.27. The number of nitriles is 1. The third-order valence-corrected chi connectivity index (χ3v) is 4.07. The zero-order valence-electron chi connectivity index (χ0n) is 8.95. The van der Waals surface area contributed by atoms with E-state index in [1.54, 1.807) is 0 Å². The SMILES string of the molecule is N#Cc1c(-c2ccccc2)ccc(CBr)c1Br. The molecule has 0 saturated carbocycles. The topological polar surface area (TPSA) is 23.8 Å². The molecule has 2 aromatic carbocycles. The van der Waals surface area contributed by atoms with Gasteiger partial charge >= 0.3 is 0 Å². The van der Waals surface area contributed by atoms with Crippen LogP contribution in [0.3, 0.4) is 0 Å². The van der Waals surface area contributed by atoms with Gasteiger partial charge in [0.15, 0.2) is 0 Å². The highest BCUT2D eigenvalue weighted by molar-refractivity contribution is 9.10. The fourth-order valence-corrected chi connectivity index (χ4v) is 3.11. The number of hydrogen-bond donors (Lipinski definition) is 0. The summed E-state index contributed by atoms with van der Waals surface area (Å²) in [6, 6.07) is 16.2. The molecule has 0 aliphatic rings. The molecule has 0 aromatic heterocycles. The molecular formula is C14H9Br2N. The van der Waals surface area contributed by atoms with Crippen molar-refractivity contribution in [3.05, 3.63) is 58.1 Å². The first-order valence-corrected chi connectivity index (χ1v) is 7.02. The summed E-state index contributed by atoms with van der Waals surface area (Å²) in [5, 5.41) is 10.0. The summed E-state index contributed by atoms with van der Waals surface area (Å²) in [5.41, 5.74) is 3.80. The van der Waals surface area contributed by atoms with Crippen LogP contribution in [0.5, 0.6) is 0 Å². The normalized spacial score (nSPS) is 9.94. The Balaban J connectivity index is 2.65. The van der Waals surface area contributed by atoms with Gasteiger partial charge in [-0.1, -0.05) is 58.4 Å². The van der Waals surface area contributed by atoms with Crippen LogP contribution < -0.4 is 0 Å². The van der Waals surface area contributed by atoms with Crippen LogP contribution in [-0.4, -0.2) is 0 Å². The summed E-state index contributed by atoms with van der Waals surface area (Å²) in [4.78, 5) is 0. The Kier molecular flexibility index (Phi) is 3.98. The molecule has 2 aromatic rings. The first-order valence-electron chi connectivity index (χ1n) is 5.10. The molecule has 84 valence electrons. The van der Waals surface area contributed by atoms with E-state index in [-0.39, 0.29) is 0 Å². The van der Waals surface area contributed by atoms with Crippen LogP contribution in [0, 0.1) is 11.3 Å². The molecule has 17 heavy (non-hydrogen) atoms. The third kappa shape index (κ3) is 2.43. The lowest BCUT2D eigenvalue weighted by Gasteiger charge is -2.09. The van der Waals surface area contributed by atoms with Gasteiger partial charge in [-0.3, -0.25) is 0 Å². The molecule has 0 bridgehead atoms. The summed E-state index contributed by atoms with van der Waals surface area (Å²) in [7, 11) is 0. The van der Waals surface area contributed by atoms with Crippen molar-refractivity contribution in [2.24, 2.45) is 0 Å². The predicted molar refractivity (Wildman–Crippen MR) is 76.9 cm³/mol. The summed E-state index contributed by atoms with van der Waals surface area (Å²) < 4.78 is 0.873. The highest BCUT2D eigenvalue weighted by Crippen LogP contribution is 2.32. The molecule has 1 nitrogen and oxygen atoms in total. The van der Waals surface area contributed by atoms with Crippen molar-refractivity contribution < 1.29 is 0 Å². The van der Waals surface area contributed by atoms with Crippen LogP contribution in [0.1, 0.15) is 11.1 Å². The van der Waals surface area contributed by atoms with Crippen LogP contribution in [0.25, 0.3) is 11.1 Å². The Morgan fingerprint density at radius 1 is 1.06 bits per heavy atom. The number of nitrogens with zero attached hydrogens (tertiary/aromatic N) is 1. The van der Waals surface area contributed by atoms with E-state index in [9.17, 15) is 5.26 Å². The highest BCUT2D eigenvalue weighted by atomic mass is 79.9. The molecule has 0 aliphatic heterocycles. The van der Waals surface area contributed by atoms with Crippen molar-refractivity contribution in [2.45, 2.75) is 5.33 Å². The molecule has 0 N–H and O–H groups in total. The van der Waals surface area contributed by atoms with Crippen molar-refractivity contribution in [1.29, 1.82) is 5.26 Å². The average Bonchev–Trinajstić information content (AvgIpc) is 2.39. The smallest absolute Gasteiger partial charge is 0.101 e. The molecule has 0 radical (unpaired) electrons. The minimum Gasteiger partial charge on any atom is -0.192 e. The van der Waals surface area contributed by atoms with Gasteiger partial charge in [-0.05, 0) is 27.1 Å². The molecule has 0 fully saturated rings. The van der Waals surface area contributed by atoms with Crippen LogP contribution in [0.15, 0.2) is 46.9 Å². The third-order valence-electron chi connectivity index (χ3n) is 2.56. The Morgan fingerprint density at radius 3 is 2.35 bits per heavy atom. The van der Waals surface area contributed by atoms with E-state index in [4.69, 9.17) is 0 Å². The Bertz CT molecular complexity index is 571. The minimum absolute atomic E-state index is 0.688. The van der Waals surface area contributed by atoms with Gasteiger partial charge in [-0.15, -0.1) is 0 Å². The standard InChI is InChI=1S/C14H9Br2N/c15-8-11-6-7-12(13(9-17)14(11)16)10-4-2-1-3-5-10/h1-7H,8H2. The van der Waals surface area contributed by atoms with Crippen LogP contribution >= 0.6 is 31.9 Å². The first kappa shape index (κ1) is 12.3. The molecule has 0 saturated heterocycles. The van der Waals surface area contributed by atoms with Crippen molar-refractivity contribution >= 4 is 31.9 Å². The quantitative estimate of drug-likeness (QED) is 0.708. The summed E-state index contributed by atoms with van der Waals surface area (Å²) >= 11 is 6.91. The van der Waals surface area contributed by atoms with Crippen molar-refractivity contribution in [2.75, 3.05) is 0 Å². The summed E-state index contributed by atoms with van der Waals surface area (Å²) in [6.45, 7) is 0. The van der Waals surface area contributed by atoms with E-state index in [0.717, 1.165) is 26.5 Å². The molecule has 0 atom stereocenters. The lowest BCUT2D eigenvalue weighted by atomic mass is 9.99. The van der Waals surface area contributed by atoms with E-state index in [1.165, 1.54) is 0 Å². The number of alkyl halides is 1. The number of benzene rings is 2. The van der Waals surface area contributed by atoms with Gasteiger partial charge < -0.3 is 0 Å². The average molecular weight is 351 g/mol. The van der Waals surface area contributed by atoms with E-state index in [2.05, 4.69) is 37.9 Å². The van der Waals surface area contributed by atoms with Gasteiger partial charge in [0.2, 0.25) is 0 Å². The Hall–Kier alpha value is -1.11. The van der Waals surface area contributed by atoms with Gasteiger partial charge in [0.05, 0.1) is 5.56 Å². The van der Waals surface area contributed by atoms with Crippen molar-refractivity contribution in [3.8, 4) is 17.2 Å². The van der Waals surface area contributed by atoms with Crippen LogP contribution in [0.4, 0.5) is 0 Å².